The summed E-state index contributed by atoms with van der Waals surface area (Å²) in [6.45, 7) is 8.40. The normalized spacial score (nSPS) is 20.2. The van der Waals surface area contributed by atoms with E-state index in [9.17, 15) is 9.59 Å². The van der Waals surface area contributed by atoms with Gasteiger partial charge in [0.15, 0.2) is 0 Å². The molecular weight excluding hydrogens is 300 g/mol. The maximum Gasteiger partial charge on any atom is 0.266 e. The Hall–Kier alpha value is -2.46. The summed E-state index contributed by atoms with van der Waals surface area (Å²) in [7, 11) is 0. The highest BCUT2D eigenvalue weighted by Crippen LogP contribution is 2.43. The Bertz CT molecular complexity index is 829. The first-order valence-corrected chi connectivity index (χ1v) is 8.14. The van der Waals surface area contributed by atoms with E-state index >= 15 is 0 Å². The van der Waals surface area contributed by atoms with Gasteiger partial charge in [-0.05, 0) is 63.1 Å². The van der Waals surface area contributed by atoms with Crippen LogP contribution in [0.3, 0.4) is 0 Å². The molecule has 2 aromatic rings. The second-order valence-corrected chi connectivity index (χ2v) is 7.60. The number of hydrogen-bond acceptors (Lipinski definition) is 3. The highest BCUT2D eigenvalue weighted by Gasteiger charge is 2.45. The van der Waals surface area contributed by atoms with Crippen LogP contribution < -0.4 is 10.2 Å². The molecule has 2 aliphatic rings. The number of nitrogens with one attached hydrogen (secondary N) is 1. The number of para-hydroxylation sites is 1. The van der Waals surface area contributed by atoms with Crippen molar-refractivity contribution in [1.82, 2.24) is 5.32 Å². The van der Waals surface area contributed by atoms with Gasteiger partial charge in [-0.25, -0.2) is 4.90 Å². The van der Waals surface area contributed by atoms with Gasteiger partial charge in [0.1, 0.15) is 0 Å². The Morgan fingerprint density at radius 2 is 1.25 bits per heavy atom. The van der Waals surface area contributed by atoms with Crippen LogP contribution in [0.4, 0.5) is 5.69 Å². The van der Waals surface area contributed by atoms with Crippen LogP contribution in [0, 0.1) is 0 Å². The molecule has 0 aromatic heterocycles. The standard InChI is InChI=1S/C20H20N2O2/c1-19(2)15-10-13-14(11-16(15)20(3,4)21-19)18(24)22(17(13)23)12-8-6-5-7-9-12/h5-11,21H,1-4H3. The highest BCUT2D eigenvalue weighted by molar-refractivity contribution is 6.34. The van der Waals surface area contributed by atoms with Crippen molar-refractivity contribution in [1.29, 1.82) is 0 Å². The third-order valence-corrected chi connectivity index (χ3v) is 5.01. The van der Waals surface area contributed by atoms with E-state index in [1.165, 1.54) is 4.90 Å². The van der Waals surface area contributed by atoms with Gasteiger partial charge in [-0.1, -0.05) is 18.2 Å². The lowest BCUT2D eigenvalue weighted by Crippen LogP contribution is -2.40. The van der Waals surface area contributed by atoms with Crippen LogP contribution in [0.5, 0.6) is 0 Å². The number of rotatable bonds is 1. The Labute approximate surface area is 141 Å². The third-order valence-electron chi connectivity index (χ3n) is 5.01. The van der Waals surface area contributed by atoms with Gasteiger partial charge in [0.05, 0.1) is 16.8 Å². The fraction of sp³-hybridized carbons (Fsp3) is 0.300. The monoisotopic (exact) mass is 320 g/mol. The van der Waals surface area contributed by atoms with E-state index in [1.54, 1.807) is 12.1 Å². The average molecular weight is 320 g/mol. The summed E-state index contributed by atoms with van der Waals surface area (Å²) in [6, 6.07) is 12.9. The average Bonchev–Trinajstić information content (AvgIpc) is 2.87. The maximum absolute atomic E-state index is 12.9. The summed E-state index contributed by atoms with van der Waals surface area (Å²) < 4.78 is 0. The van der Waals surface area contributed by atoms with Crippen LogP contribution >= 0.6 is 0 Å². The Kier molecular flexibility index (Phi) is 2.86. The minimum Gasteiger partial charge on any atom is -0.299 e. The van der Waals surface area contributed by atoms with Crippen molar-refractivity contribution in [3.05, 3.63) is 64.7 Å². The Morgan fingerprint density at radius 1 is 0.792 bits per heavy atom. The molecule has 1 N–H and O–H groups in total. The Balaban J connectivity index is 1.90. The number of carbonyl (C=O) groups is 2. The molecule has 0 radical (unpaired) electrons. The van der Waals surface area contributed by atoms with E-state index in [1.807, 2.05) is 30.3 Å². The molecule has 4 nitrogen and oxygen atoms in total. The van der Waals surface area contributed by atoms with Gasteiger partial charge in [-0.15, -0.1) is 0 Å². The molecule has 4 rings (SSSR count). The van der Waals surface area contributed by atoms with E-state index in [-0.39, 0.29) is 22.9 Å². The second kappa shape index (κ2) is 4.54. The molecule has 2 amide bonds. The molecule has 0 fully saturated rings. The van der Waals surface area contributed by atoms with Crippen molar-refractivity contribution >= 4 is 17.5 Å². The van der Waals surface area contributed by atoms with E-state index in [0.717, 1.165) is 11.1 Å². The zero-order valence-electron chi connectivity index (χ0n) is 14.3. The first-order chi connectivity index (χ1) is 11.2. The zero-order chi connectivity index (χ0) is 17.3. The van der Waals surface area contributed by atoms with E-state index < -0.39 is 0 Å². The van der Waals surface area contributed by atoms with Gasteiger partial charge in [-0.2, -0.15) is 0 Å². The molecule has 4 heteroatoms. The summed E-state index contributed by atoms with van der Waals surface area (Å²) in [5, 5.41) is 3.57. The molecule has 0 bridgehead atoms. The number of imide groups is 1. The van der Waals surface area contributed by atoms with Crippen molar-refractivity contribution in [3.63, 3.8) is 0 Å². The SMILES string of the molecule is CC1(C)NC(C)(C)c2cc3c(cc21)C(=O)N(c1ccccc1)C3=O. The molecule has 2 aromatic carbocycles. The number of amides is 2. The summed E-state index contributed by atoms with van der Waals surface area (Å²) in [5.74, 6) is -0.492. The van der Waals surface area contributed by atoms with Gasteiger partial charge in [-0.3, -0.25) is 14.9 Å². The molecule has 24 heavy (non-hydrogen) atoms. The first kappa shape index (κ1) is 15.1. The van der Waals surface area contributed by atoms with Crippen LogP contribution in [-0.2, 0) is 11.1 Å². The highest BCUT2D eigenvalue weighted by atomic mass is 16.2. The van der Waals surface area contributed by atoms with Crippen LogP contribution in [0.25, 0.3) is 0 Å². The minimum atomic E-state index is -0.246. The van der Waals surface area contributed by atoms with Crippen LogP contribution in [-0.4, -0.2) is 11.8 Å². The van der Waals surface area contributed by atoms with Crippen LogP contribution in [0.15, 0.2) is 42.5 Å². The molecule has 0 saturated heterocycles. The lowest BCUT2D eigenvalue weighted by atomic mass is 9.87. The van der Waals surface area contributed by atoms with Gasteiger partial charge in [0, 0.05) is 11.1 Å². The smallest absolute Gasteiger partial charge is 0.266 e. The largest absolute Gasteiger partial charge is 0.299 e. The van der Waals surface area contributed by atoms with Gasteiger partial charge in [0.2, 0.25) is 0 Å². The van der Waals surface area contributed by atoms with Crippen molar-refractivity contribution in [2.75, 3.05) is 4.90 Å². The van der Waals surface area contributed by atoms with Gasteiger partial charge < -0.3 is 0 Å². The number of fused-ring (bicyclic) bond motifs is 2. The molecule has 0 aliphatic carbocycles. The zero-order valence-corrected chi connectivity index (χ0v) is 14.3. The quantitative estimate of drug-likeness (QED) is 0.817. The van der Waals surface area contributed by atoms with Crippen molar-refractivity contribution in [3.8, 4) is 0 Å². The molecule has 122 valence electrons. The lowest BCUT2D eigenvalue weighted by molar-refractivity contribution is 0.0926. The molecule has 0 atom stereocenters. The van der Waals surface area contributed by atoms with Gasteiger partial charge >= 0.3 is 0 Å². The van der Waals surface area contributed by atoms with Crippen LogP contribution in [0.2, 0.25) is 0 Å². The first-order valence-electron chi connectivity index (χ1n) is 8.14. The fourth-order valence-electron chi connectivity index (χ4n) is 4.05. The second-order valence-electron chi connectivity index (χ2n) is 7.60. The molecule has 0 unspecified atom stereocenters. The number of hydrogen-bond donors (Lipinski definition) is 1. The Morgan fingerprint density at radius 3 is 1.71 bits per heavy atom. The number of nitrogens with zero attached hydrogens (tertiary/aromatic N) is 1. The van der Waals surface area contributed by atoms with E-state index in [0.29, 0.717) is 16.8 Å². The van der Waals surface area contributed by atoms with Crippen molar-refractivity contribution < 1.29 is 9.59 Å². The number of carbonyl (C=O) groups excluding carboxylic acids is 2. The predicted molar refractivity (Wildman–Crippen MR) is 93.2 cm³/mol. The van der Waals surface area contributed by atoms with Crippen molar-refractivity contribution in [2.45, 2.75) is 38.8 Å². The summed E-state index contributed by atoms with van der Waals surface area (Å²) >= 11 is 0. The lowest BCUT2D eigenvalue weighted by Gasteiger charge is -2.26. The third kappa shape index (κ3) is 1.89. The predicted octanol–water partition coefficient (Wildman–Crippen LogP) is 3.56. The topological polar surface area (TPSA) is 49.4 Å². The van der Waals surface area contributed by atoms with E-state index in [2.05, 4.69) is 33.0 Å². The fourth-order valence-corrected chi connectivity index (χ4v) is 4.05. The molecular formula is C20H20N2O2. The van der Waals surface area contributed by atoms with Crippen LogP contribution in [0.1, 0.15) is 59.5 Å². The number of benzene rings is 2. The summed E-state index contributed by atoms with van der Waals surface area (Å²) in [5.41, 5.74) is 3.30. The minimum absolute atomic E-state index is 0.239. The summed E-state index contributed by atoms with van der Waals surface area (Å²) in [4.78, 5) is 27.0. The van der Waals surface area contributed by atoms with Gasteiger partial charge in [0.25, 0.3) is 11.8 Å². The maximum atomic E-state index is 12.9. The molecule has 2 aliphatic heterocycles. The molecule has 0 saturated carbocycles. The molecule has 2 heterocycles. The van der Waals surface area contributed by atoms with E-state index in [4.69, 9.17) is 0 Å². The molecule has 0 spiro atoms. The number of anilines is 1. The summed E-state index contributed by atoms with van der Waals surface area (Å²) in [6.07, 6.45) is 0. The van der Waals surface area contributed by atoms with Crippen molar-refractivity contribution in [2.24, 2.45) is 0 Å².